The molecular formula is C26H32N6O2. The van der Waals surface area contributed by atoms with Crippen LogP contribution in [0.2, 0.25) is 0 Å². The number of hydrogen-bond donors (Lipinski definition) is 2. The van der Waals surface area contributed by atoms with E-state index >= 15 is 0 Å². The molecule has 2 saturated heterocycles. The van der Waals surface area contributed by atoms with Crippen LogP contribution in [0.25, 0.3) is 22.3 Å². The van der Waals surface area contributed by atoms with Gasteiger partial charge in [-0.25, -0.2) is 9.97 Å². The van der Waals surface area contributed by atoms with Gasteiger partial charge in [0.15, 0.2) is 0 Å². The number of carbonyl (C=O) groups excluding carboxylic acids is 1. The first-order chi connectivity index (χ1) is 16.6. The van der Waals surface area contributed by atoms with Gasteiger partial charge in [-0.05, 0) is 50.5 Å². The maximum atomic E-state index is 11.7. The molecule has 3 aromatic rings. The number of imidazole rings is 1. The molecule has 1 saturated carbocycles. The van der Waals surface area contributed by atoms with Gasteiger partial charge in [-0.15, -0.1) is 0 Å². The van der Waals surface area contributed by atoms with E-state index in [1.165, 1.54) is 11.3 Å². The van der Waals surface area contributed by atoms with Crippen molar-refractivity contribution in [2.45, 2.75) is 45.3 Å². The highest BCUT2D eigenvalue weighted by Crippen LogP contribution is 2.40. The number of pyridine rings is 1. The van der Waals surface area contributed by atoms with E-state index in [1.807, 2.05) is 13.3 Å². The van der Waals surface area contributed by atoms with E-state index < -0.39 is 0 Å². The molecule has 3 fully saturated rings. The second kappa shape index (κ2) is 8.58. The molecule has 1 aromatic carbocycles. The lowest BCUT2D eigenvalue weighted by Gasteiger charge is -2.30. The number of hydrogen-bond acceptors (Lipinski definition) is 6. The molecular weight excluding hydrogens is 428 g/mol. The molecule has 2 unspecified atom stereocenters. The Morgan fingerprint density at radius 1 is 1.18 bits per heavy atom. The quantitative estimate of drug-likeness (QED) is 0.588. The number of aromatic nitrogens is 3. The van der Waals surface area contributed by atoms with Crippen LogP contribution in [0.15, 0.2) is 30.6 Å². The monoisotopic (exact) mass is 460 g/mol. The third kappa shape index (κ3) is 4.00. The predicted molar refractivity (Wildman–Crippen MR) is 132 cm³/mol. The summed E-state index contributed by atoms with van der Waals surface area (Å²) in [6.07, 6.45) is 4.62. The number of ether oxygens (including phenoxy) is 1. The molecule has 178 valence electrons. The molecule has 4 heterocycles. The van der Waals surface area contributed by atoms with Gasteiger partial charge in [-0.3, -0.25) is 4.79 Å². The molecule has 0 spiro atoms. The molecule has 0 radical (unpaired) electrons. The van der Waals surface area contributed by atoms with Crippen LogP contribution in [-0.4, -0.2) is 59.3 Å². The summed E-state index contributed by atoms with van der Waals surface area (Å²) in [5.74, 6) is 0.855. The topological polar surface area (TPSA) is 84.3 Å². The number of anilines is 1. The van der Waals surface area contributed by atoms with Crippen LogP contribution in [-0.2, 0) is 4.79 Å². The first-order valence-corrected chi connectivity index (χ1v) is 12.4. The molecule has 0 bridgehead atoms. The van der Waals surface area contributed by atoms with Gasteiger partial charge >= 0.3 is 0 Å². The van der Waals surface area contributed by atoms with E-state index in [0.29, 0.717) is 24.9 Å². The van der Waals surface area contributed by atoms with E-state index in [0.717, 1.165) is 61.3 Å². The van der Waals surface area contributed by atoms with E-state index in [9.17, 15) is 4.79 Å². The van der Waals surface area contributed by atoms with Gasteiger partial charge in [-0.1, -0.05) is 6.07 Å². The van der Waals surface area contributed by atoms with Crippen molar-refractivity contribution < 1.29 is 9.53 Å². The van der Waals surface area contributed by atoms with Crippen LogP contribution in [0, 0.1) is 12.8 Å². The average molecular weight is 461 g/mol. The predicted octanol–water partition coefficient (Wildman–Crippen LogP) is 3.05. The third-order valence-corrected chi connectivity index (χ3v) is 7.38. The Hall–Kier alpha value is -3.13. The Balaban J connectivity index is 1.36. The number of amides is 1. The second-order valence-electron chi connectivity index (χ2n) is 9.89. The summed E-state index contributed by atoms with van der Waals surface area (Å²) in [5, 5.41) is 6.34. The van der Waals surface area contributed by atoms with E-state index in [4.69, 9.17) is 14.7 Å². The zero-order valence-electron chi connectivity index (χ0n) is 19.9. The molecule has 2 N–H and O–H groups in total. The van der Waals surface area contributed by atoms with Gasteiger partial charge in [0.2, 0.25) is 11.8 Å². The summed E-state index contributed by atoms with van der Waals surface area (Å²) in [5.41, 5.74) is 6.33. The Morgan fingerprint density at radius 3 is 2.71 bits per heavy atom. The number of piperazine rings is 1. The lowest BCUT2D eigenvalue weighted by Crippen LogP contribution is -2.43. The van der Waals surface area contributed by atoms with Crippen molar-refractivity contribution in [1.29, 1.82) is 0 Å². The summed E-state index contributed by atoms with van der Waals surface area (Å²) in [6.45, 7) is 8.94. The van der Waals surface area contributed by atoms with Crippen LogP contribution < -0.4 is 20.3 Å². The number of carbonyl (C=O) groups is 1. The van der Waals surface area contributed by atoms with Gasteiger partial charge in [0, 0.05) is 62.4 Å². The average Bonchev–Trinajstić information content (AvgIpc) is 3.44. The van der Waals surface area contributed by atoms with Crippen molar-refractivity contribution in [3.63, 3.8) is 0 Å². The molecule has 1 amide bonds. The minimum atomic E-state index is -0.121. The van der Waals surface area contributed by atoms with Crippen LogP contribution in [0.4, 0.5) is 5.69 Å². The number of fused-ring (bicyclic) bond motifs is 1. The molecule has 2 aliphatic heterocycles. The lowest BCUT2D eigenvalue weighted by atomic mass is 10.0. The molecule has 1 aliphatic carbocycles. The van der Waals surface area contributed by atoms with Crippen molar-refractivity contribution in [3.8, 4) is 17.1 Å². The summed E-state index contributed by atoms with van der Waals surface area (Å²) < 4.78 is 8.68. The van der Waals surface area contributed by atoms with Gasteiger partial charge in [-0.2, -0.15) is 0 Å². The summed E-state index contributed by atoms with van der Waals surface area (Å²) >= 11 is 0. The van der Waals surface area contributed by atoms with Crippen molar-refractivity contribution in [2.75, 3.05) is 37.6 Å². The van der Waals surface area contributed by atoms with Gasteiger partial charge in [0.05, 0.1) is 17.5 Å². The van der Waals surface area contributed by atoms with Gasteiger partial charge < -0.3 is 24.8 Å². The van der Waals surface area contributed by atoms with E-state index in [2.05, 4.69) is 51.3 Å². The minimum absolute atomic E-state index is 0.0929. The summed E-state index contributed by atoms with van der Waals surface area (Å²) in [6, 6.07) is 9.14. The minimum Gasteiger partial charge on any atom is -0.473 e. The number of aryl methyl sites for hydroxylation is 1. The third-order valence-electron chi connectivity index (χ3n) is 7.38. The fourth-order valence-electron chi connectivity index (χ4n) is 5.19. The Bertz CT molecular complexity index is 1230. The highest BCUT2D eigenvalue weighted by Gasteiger charge is 2.31. The van der Waals surface area contributed by atoms with E-state index in [1.54, 1.807) is 0 Å². The van der Waals surface area contributed by atoms with Crippen LogP contribution in [0.5, 0.6) is 5.88 Å². The molecule has 8 nitrogen and oxygen atoms in total. The highest BCUT2D eigenvalue weighted by molar-refractivity contribution is 5.85. The normalized spacial score (nSPS) is 21.6. The zero-order valence-corrected chi connectivity index (χ0v) is 19.9. The molecule has 2 aromatic heterocycles. The molecule has 3 aliphatic rings. The smallest absolute Gasteiger partial charge is 0.241 e. The number of benzene rings is 1. The Morgan fingerprint density at radius 2 is 2.00 bits per heavy atom. The maximum absolute atomic E-state index is 11.7. The summed E-state index contributed by atoms with van der Waals surface area (Å²) in [4.78, 5) is 23.9. The zero-order chi connectivity index (χ0) is 23.2. The fraction of sp³-hybridized carbons (Fsp3) is 0.500. The van der Waals surface area contributed by atoms with Crippen molar-refractivity contribution in [1.82, 2.24) is 25.2 Å². The summed E-state index contributed by atoms with van der Waals surface area (Å²) in [7, 11) is 0. The molecule has 2 atom stereocenters. The van der Waals surface area contributed by atoms with Gasteiger partial charge in [0.1, 0.15) is 11.6 Å². The largest absolute Gasteiger partial charge is 0.473 e. The molecule has 6 rings (SSSR count). The van der Waals surface area contributed by atoms with Crippen LogP contribution in [0.1, 0.15) is 37.8 Å². The molecule has 8 heteroatoms. The Labute approximate surface area is 199 Å². The van der Waals surface area contributed by atoms with Crippen molar-refractivity contribution >= 4 is 22.6 Å². The van der Waals surface area contributed by atoms with Crippen LogP contribution >= 0.6 is 0 Å². The van der Waals surface area contributed by atoms with Crippen molar-refractivity contribution in [2.24, 2.45) is 5.92 Å². The van der Waals surface area contributed by atoms with Gasteiger partial charge in [0.25, 0.3) is 0 Å². The number of nitrogens with zero attached hydrogens (tertiary/aromatic N) is 4. The first-order valence-electron chi connectivity index (χ1n) is 12.4. The number of nitrogens with one attached hydrogen (secondary N) is 2. The van der Waals surface area contributed by atoms with Crippen molar-refractivity contribution in [3.05, 3.63) is 36.2 Å². The second-order valence-corrected chi connectivity index (χ2v) is 9.89. The Kier molecular flexibility index (Phi) is 5.40. The first kappa shape index (κ1) is 21.4. The standard InChI is InChI=1S/C26H32N6O2/c1-16-11-18(3-6-23(16)31-9-7-27-8-10-31)21-13-22-25(32(15-29-22)20-4-5-20)26(30-21)34-17(2)19-12-24(33)28-14-19/h3,6,11,13,15,17,19-20,27H,4-5,7-10,12,14H2,1-2H3,(H,28,33). The van der Waals surface area contributed by atoms with Crippen LogP contribution in [0.3, 0.4) is 0 Å². The fourth-order valence-corrected chi connectivity index (χ4v) is 5.19. The lowest BCUT2D eigenvalue weighted by molar-refractivity contribution is -0.119. The SMILES string of the molecule is Cc1cc(-c2cc3ncn(C4CC4)c3c(OC(C)C3CNC(=O)C3)n2)ccc1N1CCNCC1. The number of rotatable bonds is 6. The molecule has 34 heavy (non-hydrogen) atoms. The highest BCUT2D eigenvalue weighted by atomic mass is 16.5. The van der Waals surface area contributed by atoms with E-state index in [-0.39, 0.29) is 17.9 Å². The maximum Gasteiger partial charge on any atom is 0.241 e.